The Kier molecular flexibility index (Phi) is 5.74. The Morgan fingerprint density at radius 2 is 2.05 bits per heavy atom. The molecule has 1 aliphatic rings. The lowest BCUT2D eigenvalue weighted by atomic mass is 9.98. The van der Waals surface area contributed by atoms with Gasteiger partial charge in [0.05, 0.1) is 0 Å². The molecule has 2 rings (SSSR count). The first-order valence-corrected chi connectivity index (χ1v) is 8.14. The smallest absolute Gasteiger partial charge is 0.0471 e. The zero-order chi connectivity index (χ0) is 13.7. The lowest BCUT2D eigenvalue weighted by molar-refractivity contribution is 0.116. The van der Waals surface area contributed by atoms with Gasteiger partial charge in [0, 0.05) is 29.8 Å². The summed E-state index contributed by atoms with van der Waals surface area (Å²) in [4.78, 5) is 3.82. The first-order chi connectivity index (χ1) is 9.17. The maximum atomic E-state index is 9.27. The summed E-state index contributed by atoms with van der Waals surface area (Å²) in [6.07, 6.45) is 2.39. The molecule has 106 valence electrons. The molecular weight excluding hydrogens is 254 g/mol. The third-order valence-electron chi connectivity index (χ3n) is 3.56. The van der Waals surface area contributed by atoms with Gasteiger partial charge in [-0.25, -0.2) is 0 Å². The van der Waals surface area contributed by atoms with Gasteiger partial charge < -0.3 is 5.11 Å². The van der Waals surface area contributed by atoms with Crippen LogP contribution in [0.4, 0.5) is 0 Å². The minimum absolute atomic E-state index is 0.334. The van der Waals surface area contributed by atoms with E-state index in [9.17, 15) is 5.11 Å². The monoisotopic (exact) mass is 279 g/mol. The van der Waals surface area contributed by atoms with Crippen molar-refractivity contribution in [1.29, 1.82) is 0 Å². The highest BCUT2D eigenvalue weighted by molar-refractivity contribution is 7.99. The molecule has 0 aliphatic carbocycles. The quantitative estimate of drug-likeness (QED) is 0.836. The topological polar surface area (TPSA) is 23.5 Å². The molecular formula is C16H25NOS. The van der Waals surface area contributed by atoms with E-state index >= 15 is 0 Å². The van der Waals surface area contributed by atoms with Crippen molar-refractivity contribution in [3.8, 4) is 0 Å². The summed E-state index contributed by atoms with van der Waals surface area (Å²) < 4.78 is 0. The Morgan fingerprint density at radius 3 is 2.68 bits per heavy atom. The van der Waals surface area contributed by atoms with Crippen molar-refractivity contribution >= 4 is 11.8 Å². The van der Waals surface area contributed by atoms with Crippen LogP contribution in [0.15, 0.2) is 29.2 Å². The number of aliphatic hydroxyl groups is 1. The van der Waals surface area contributed by atoms with Crippen LogP contribution in [0.1, 0.15) is 32.3 Å². The van der Waals surface area contributed by atoms with Crippen molar-refractivity contribution < 1.29 is 5.11 Å². The lowest BCUT2D eigenvalue weighted by Gasteiger charge is -2.31. The van der Waals surface area contributed by atoms with E-state index in [1.165, 1.54) is 29.8 Å². The molecule has 0 aromatic heterocycles. The molecule has 1 aromatic rings. The summed E-state index contributed by atoms with van der Waals surface area (Å²) in [5.41, 5.74) is 1.38. The average molecular weight is 279 g/mol. The van der Waals surface area contributed by atoms with Gasteiger partial charge in [0.25, 0.3) is 0 Å². The van der Waals surface area contributed by atoms with Gasteiger partial charge in [0.15, 0.2) is 0 Å². The van der Waals surface area contributed by atoms with Crippen molar-refractivity contribution in [2.24, 2.45) is 5.92 Å². The Labute approximate surface area is 121 Å². The molecule has 1 unspecified atom stereocenters. The number of likely N-dealkylation sites (tertiary alicyclic amines) is 1. The minimum atomic E-state index is 0.334. The largest absolute Gasteiger partial charge is 0.396 e. The number of piperidine rings is 1. The number of hydrogen-bond donors (Lipinski definition) is 1. The predicted octanol–water partition coefficient (Wildman–Crippen LogP) is 3.39. The number of rotatable bonds is 5. The molecule has 0 spiro atoms. The second-order valence-corrected chi connectivity index (χ2v) is 7.39. The van der Waals surface area contributed by atoms with Crippen LogP contribution in [0.2, 0.25) is 0 Å². The van der Waals surface area contributed by atoms with Gasteiger partial charge in [-0.2, -0.15) is 0 Å². The van der Waals surface area contributed by atoms with Gasteiger partial charge in [0.2, 0.25) is 0 Å². The van der Waals surface area contributed by atoms with Gasteiger partial charge in [-0.3, -0.25) is 4.90 Å². The fourth-order valence-corrected chi connectivity index (χ4v) is 3.49. The molecule has 1 aliphatic heterocycles. The first kappa shape index (κ1) is 14.9. The third-order valence-corrected chi connectivity index (χ3v) is 4.58. The number of aliphatic hydroxyl groups excluding tert-OH is 1. The second-order valence-electron chi connectivity index (χ2n) is 5.74. The van der Waals surface area contributed by atoms with Gasteiger partial charge in [-0.15, -0.1) is 11.8 Å². The number of hydrogen-bond acceptors (Lipinski definition) is 3. The van der Waals surface area contributed by atoms with Crippen LogP contribution in [-0.2, 0) is 6.54 Å². The van der Waals surface area contributed by atoms with E-state index in [1.807, 2.05) is 11.8 Å². The predicted molar refractivity (Wildman–Crippen MR) is 82.5 cm³/mol. The Bertz CT molecular complexity index is 377. The molecule has 0 bridgehead atoms. The highest BCUT2D eigenvalue weighted by atomic mass is 32.2. The van der Waals surface area contributed by atoms with E-state index in [4.69, 9.17) is 0 Å². The van der Waals surface area contributed by atoms with Gasteiger partial charge in [0.1, 0.15) is 0 Å². The molecule has 1 saturated heterocycles. The zero-order valence-electron chi connectivity index (χ0n) is 12.0. The van der Waals surface area contributed by atoms with E-state index < -0.39 is 0 Å². The summed E-state index contributed by atoms with van der Waals surface area (Å²) in [5, 5.41) is 9.90. The molecule has 19 heavy (non-hydrogen) atoms. The normalized spacial score (nSPS) is 20.9. The molecule has 2 nitrogen and oxygen atoms in total. The number of benzene rings is 1. The van der Waals surface area contributed by atoms with E-state index in [1.54, 1.807) is 0 Å². The fraction of sp³-hybridized carbons (Fsp3) is 0.625. The molecule has 3 heteroatoms. The highest BCUT2D eigenvalue weighted by Crippen LogP contribution is 2.24. The van der Waals surface area contributed by atoms with E-state index in [0.717, 1.165) is 13.1 Å². The zero-order valence-corrected chi connectivity index (χ0v) is 12.8. The van der Waals surface area contributed by atoms with Crippen molar-refractivity contribution in [3.63, 3.8) is 0 Å². The fourth-order valence-electron chi connectivity index (χ4n) is 2.65. The molecule has 0 saturated carbocycles. The maximum absolute atomic E-state index is 9.27. The molecule has 1 heterocycles. The van der Waals surface area contributed by atoms with E-state index in [0.29, 0.717) is 17.8 Å². The van der Waals surface area contributed by atoms with Gasteiger partial charge in [-0.05, 0) is 43.0 Å². The van der Waals surface area contributed by atoms with Crippen molar-refractivity contribution in [3.05, 3.63) is 29.8 Å². The summed E-state index contributed by atoms with van der Waals surface area (Å²) in [6.45, 7) is 8.00. The molecule has 1 aromatic carbocycles. The van der Waals surface area contributed by atoms with Crippen LogP contribution in [0.3, 0.4) is 0 Å². The number of nitrogens with zero attached hydrogens (tertiary/aromatic N) is 1. The number of thioether (sulfide) groups is 1. The Balaban J connectivity index is 1.88. The Hall–Kier alpha value is -0.510. The lowest BCUT2D eigenvalue weighted by Crippen LogP contribution is -2.36. The first-order valence-electron chi connectivity index (χ1n) is 7.26. The Morgan fingerprint density at radius 1 is 1.32 bits per heavy atom. The minimum Gasteiger partial charge on any atom is -0.396 e. The van der Waals surface area contributed by atoms with Crippen LogP contribution >= 0.6 is 11.8 Å². The van der Waals surface area contributed by atoms with Crippen LogP contribution < -0.4 is 0 Å². The van der Waals surface area contributed by atoms with E-state index in [-0.39, 0.29) is 0 Å². The van der Waals surface area contributed by atoms with Crippen LogP contribution in [0.25, 0.3) is 0 Å². The maximum Gasteiger partial charge on any atom is 0.0471 e. The molecule has 1 N–H and O–H groups in total. The third kappa shape index (κ3) is 4.83. The highest BCUT2D eigenvalue weighted by Gasteiger charge is 2.18. The van der Waals surface area contributed by atoms with Crippen LogP contribution in [0, 0.1) is 5.92 Å². The molecule has 1 fully saturated rings. The van der Waals surface area contributed by atoms with E-state index in [2.05, 4.69) is 43.0 Å². The summed E-state index contributed by atoms with van der Waals surface area (Å²) in [7, 11) is 0. The molecule has 0 amide bonds. The van der Waals surface area contributed by atoms with Gasteiger partial charge in [-0.1, -0.05) is 26.0 Å². The van der Waals surface area contributed by atoms with Crippen molar-refractivity contribution in [2.45, 2.75) is 43.4 Å². The van der Waals surface area contributed by atoms with Crippen LogP contribution in [-0.4, -0.2) is 35.0 Å². The second kappa shape index (κ2) is 7.32. The standard InChI is InChI=1S/C16H25NOS/c1-13(2)19-16-7-5-14(6-8-16)10-17-9-3-4-15(11-17)12-18/h5-8,13,15,18H,3-4,9-12H2,1-2H3. The summed E-state index contributed by atoms with van der Waals surface area (Å²) in [5.74, 6) is 0.476. The van der Waals surface area contributed by atoms with Crippen LogP contribution in [0.5, 0.6) is 0 Å². The SMILES string of the molecule is CC(C)Sc1ccc(CN2CCCC(CO)C2)cc1. The molecule has 0 radical (unpaired) electrons. The van der Waals surface area contributed by atoms with Crippen molar-refractivity contribution in [1.82, 2.24) is 4.90 Å². The average Bonchev–Trinajstić information content (AvgIpc) is 2.41. The summed E-state index contributed by atoms with van der Waals surface area (Å²) >= 11 is 1.91. The summed E-state index contributed by atoms with van der Waals surface area (Å²) in [6, 6.07) is 8.95. The van der Waals surface area contributed by atoms with Crippen molar-refractivity contribution in [2.75, 3.05) is 19.7 Å². The molecule has 1 atom stereocenters. The van der Waals surface area contributed by atoms with Gasteiger partial charge >= 0.3 is 0 Å².